The van der Waals surface area contributed by atoms with E-state index in [9.17, 15) is 9.90 Å². The third-order valence-electron chi connectivity index (χ3n) is 4.12. The molecule has 3 aromatic rings. The zero-order chi connectivity index (χ0) is 17.6. The van der Waals surface area contributed by atoms with Crippen LogP contribution in [0, 0.1) is 0 Å². The van der Waals surface area contributed by atoms with Gasteiger partial charge >= 0.3 is 0 Å². The third-order valence-corrected chi connectivity index (χ3v) is 5.13. The second-order valence-electron chi connectivity index (χ2n) is 6.01. The molecule has 0 aliphatic heterocycles. The van der Waals surface area contributed by atoms with E-state index in [2.05, 4.69) is 17.4 Å². The molecule has 5 heteroatoms. The van der Waals surface area contributed by atoms with Crippen molar-refractivity contribution in [3.8, 4) is 0 Å². The largest absolute Gasteiger partial charge is 0.386 e. The Bertz CT molecular complexity index is 845. The van der Waals surface area contributed by atoms with Crippen LogP contribution in [0.25, 0.3) is 10.9 Å². The van der Waals surface area contributed by atoms with Gasteiger partial charge in [-0.2, -0.15) is 0 Å². The van der Waals surface area contributed by atoms with Crippen molar-refractivity contribution in [3.05, 3.63) is 71.9 Å². The van der Waals surface area contributed by atoms with Gasteiger partial charge in [0.15, 0.2) is 0 Å². The number of nitrogens with zero attached hydrogens (tertiary/aromatic N) is 1. The van der Waals surface area contributed by atoms with E-state index in [0.29, 0.717) is 5.75 Å². The molecular formula is C20H22N2O2S. The molecule has 0 unspecified atom stereocenters. The van der Waals surface area contributed by atoms with Crippen LogP contribution in [0.15, 0.2) is 60.8 Å². The summed E-state index contributed by atoms with van der Waals surface area (Å²) in [6, 6.07) is 18.0. The SMILES string of the molecule is Cn1cc([C@H](O)CNC(=O)CSCc2ccccc2)c2ccccc21. The Morgan fingerprint density at radius 2 is 1.88 bits per heavy atom. The minimum absolute atomic E-state index is 0.0554. The van der Waals surface area contributed by atoms with Crippen molar-refractivity contribution in [1.82, 2.24) is 9.88 Å². The average molecular weight is 354 g/mol. The summed E-state index contributed by atoms with van der Waals surface area (Å²) in [5, 5.41) is 14.3. The molecule has 1 amide bonds. The summed E-state index contributed by atoms with van der Waals surface area (Å²) >= 11 is 1.57. The normalized spacial score (nSPS) is 12.2. The molecule has 2 aromatic carbocycles. The maximum atomic E-state index is 12.0. The molecule has 2 N–H and O–H groups in total. The molecule has 4 nitrogen and oxygen atoms in total. The Morgan fingerprint density at radius 3 is 2.68 bits per heavy atom. The third kappa shape index (κ3) is 4.44. The number of aromatic nitrogens is 1. The fourth-order valence-electron chi connectivity index (χ4n) is 2.85. The number of aryl methyl sites for hydroxylation is 1. The number of carbonyl (C=O) groups is 1. The van der Waals surface area contributed by atoms with E-state index in [1.165, 1.54) is 5.56 Å². The second-order valence-corrected chi connectivity index (χ2v) is 7.00. The van der Waals surface area contributed by atoms with Crippen molar-refractivity contribution < 1.29 is 9.90 Å². The Morgan fingerprint density at radius 1 is 1.16 bits per heavy atom. The zero-order valence-corrected chi connectivity index (χ0v) is 15.0. The van der Waals surface area contributed by atoms with Crippen molar-refractivity contribution in [2.75, 3.05) is 12.3 Å². The molecule has 1 atom stereocenters. The molecule has 0 aliphatic rings. The molecular weight excluding hydrogens is 332 g/mol. The van der Waals surface area contributed by atoms with Crippen LogP contribution in [0.2, 0.25) is 0 Å². The van der Waals surface area contributed by atoms with Crippen molar-refractivity contribution in [3.63, 3.8) is 0 Å². The van der Waals surface area contributed by atoms with Crippen LogP contribution in [0.3, 0.4) is 0 Å². The van der Waals surface area contributed by atoms with E-state index in [1.54, 1.807) is 11.8 Å². The van der Waals surface area contributed by atoms with Crippen LogP contribution < -0.4 is 5.32 Å². The van der Waals surface area contributed by atoms with Gasteiger partial charge < -0.3 is 15.0 Å². The summed E-state index contributed by atoms with van der Waals surface area (Å²) in [5.74, 6) is 1.14. The molecule has 0 radical (unpaired) electrons. The lowest BCUT2D eigenvalue weighted by Gasteiger charge is -2.11. The first-order chi connectivity index (χ1) is 12.1. The summed E-state index contributed by atoms with van der Waals surface area (Å²) < 4.78 is 1.99. The molecule has 3 rings (SSSR count). The fourth-order valence-corrected chi connectivity index (χ4v) is 3.66. The van der Waals surface area contributed by atoms with Crippen LogP contribution >= 0.6 is 11.8 Å². The Labute approximate surface area is 151 Å². The van der Waals surface area contributed by atoms with Gasteiger partial charge in [0.1, 0.15) is 0 Å². The predicted molar refractivity (Wildman–Crippen MR) is 103 cm³/mol. The smallest absolute Gasteiger partial charge is 0.230 e. The second kappa shape index (κ2) is 8.23. The minimum atomic E-state index is -0.714. The van der Waals surface area contributed by atoms with Gasteiger partial charge in [0.05, 0.1) is 11.9 Å². The number of amides is 1. The lowest BCUT2D eigenvalue weighted by Crippen LogP contribution is -2.29. The number of benzene rings is 2. The molecule has 0 aliphatic carbocycles. The lowest BCUT2D eigenvalue weighted by molar-refractivity contribution is -0.119. The van der Waals surface area contributed by atoms with E-state index in [-0.39, 0.29) is 12.5 Å². The molecule has 0 bridgehead atoms. The molecule has 1 heterocycles. The zero-order valence-electron chi connectivity index (χ0n) is 14.2. The number of nitrogens with one attached hydrogen (secondary N) is 1. The summed E-state index contributed by atoms with van der Waals surface area (Å²) in [5.41, 5.74) is 3.12. The standard InChI is InChI=1S/C20H22N2O2S/c1-22-12-17(16-9-5-6-10-18(16)22)19(23)11-21-20(24)14-25-13-15-7-3-2-4-8-15/h2-10,12,19,23H,11,13-14H2,1H3,(H,21,24)/t19-/m1/s1. The van der Waals surface area contributed by atoms with E-state index in [1.807, 2.05) is 60.3 Å². The number of aliphatic hydroxyl groups excluding tert-OH is 1. The van der Waals surface area contributed by atoms with Gasteiger partial charge in [-0.25, -0.2) is 0 Å². The Kier molecular flexibility index (Phi) is 5.79. The monoisotopic (exact) mass is 354 g/mol. The number of hydrogen-bond donors (Lipinski definition) is 2. The number of para-hydroxylation sites is 1. The quantitative estimate of drug-likeness (QED) is 0.685. The first-order valence-electron chi connectivity index (χ1n) is 8.25. The Hall–Kier alpha value is -2.24. The van der Waals surface area contributed by atoms with Crippen LogP contribution in [0.5, 0.6) is 0 Å². The van der Waals surface area contributed by atoms with Crippen LogP contribution in [-0.2, 0) is 17.6 Å². The summed E-state index contributed by atoms with van der Waals surface area (Å²) in [6.45, 7) is 0.221. The fraction of sp³-hybridized carbons (Fsp3) is 0.250. The molecule has 0 saturated heterocycles. The Balaban J connectivity index is 1.49. The molecule has 1 aromatic heterocycles. The van der Waals surface area contributed by atoms with E-state index in [4.69, 9.17) is 0 Å². The van der Waals surface area contributed by atoms with Gasteiger partial charge in [0.25, 0.3) is 0 Å². The molecule has 130 valence electrons. The highest BCUT2D eigenvalue weighted by atomic mass is 32.2. The van der Waals surface area contributed by atoms with Gasteiger partial charge in [0.2, 0.25) is 5.91 Å². The van der Waals surface area contributed by atoms with Crippen molar-refractivity contribution >= 4 is 28.6 Å². The number of aliphatic hydroxyl groups is 1. The highest BCUT2D eigenvalue weighted by molar-refractivity contribution is 7.99. The number of hydrogen-bond acceptors (Lipinski definition) is 3. The predicted octanol–water partition coefficient (Wildman–Crippen LogP) is 3.26. The summed E-state index contributed by atoms with van der Waals surface area (Å²) in [7, 11) is 1.96. The highest BCUT2D eigenvalue weighted by Crippen LogP contribution is 2.25. The maximum absolute atomic E-state index is 12.0. The van der Waals surface area contributed by atoms with Crippen LogP contribution in [0.4, 0.5) is 0 Å². The topological polar surface area (TPSA) is 54.3 Å². The van der Waals surface area contributed by atoms with Gasteiger partial charge in [-0.3, -0.25) is 4.79 Å². The van der Waals surface area contributed by atoms with Gasteiger partial charge in [-0.05, 0) is 11.6 Å². The molecule has 0 fully saturated rings. The maximum Gasteiger partial charge on any atom is 0.230 e. The van der Waals surface area contributed by atoms with Crippen molar-refractivity contribution in [1.29, 1.82) is 0 Å². The van der Waals surface area contributed by atoms with Gasteiger partial charge in [-0.15, -0.1) is 11.8 Å². The van der Waals surface area contributed by atoms with Crippen LogP contribution in [0.1, 0.15) is 17.2 Å². The van der Waals surface area contributed by atoms with Gasteiger partial charge in [0, 0.05) is 42.0 Å². The lowest BCUT2D eigenvalue weighted by atomic mass is 10.1. The van der Waals surface area contributed by atoms with E-state index in [0.717, 1.165) is 22.2 Å². The number of thioether (sulfide) groups is 1. The number of fused-ring (bicyclic) bond motifs is 1. The molecule has 0 spiro atoms. The average Bonchev–Trinajstić information content (AvgIpc) is 2.98. The van der Waals surface area contributed by atoms with Crippen LogP contribution in [-0.4, -0.2) is 27.9 Å². The first kappa shape index (κ1) is 17.6. The molecule has 25 heavy (non-hydrogen) atoms. The minimum Gasteiger partial charge on any atom is -0.386 e. The van der Waals surface area contributed by atoms with Crippen molar-refractivity contribution in [2.24, 2.45) is 7.05 Å². The van der Waals surface area contributed by atoms with E-state index >= 15 is 0 Å². The highest BCUT2D eigenvalue weighted by Gasteiger charge is 2.15. The van der Waals surface area contributed by atoms with Crippen molar-refractivity contribution in [2.45, 2.75) is 11.9 Å². The summed E-state index contributed by atoms with van der Waals surface area (Å²) in [6.07, 6.45) is 1.21. The number of rotatable bonds is 7. The first-order valence-corrected chi connectivity index (χ1v) is 9.41. The van der Waals surface area contributed by atoms with E-state index < -0.39 is 6.10 Å². The molecule has 0 saturated carbocycles. The van der Waals surface area contributed by atoms with Gasteiger partial charge in [-0.1, -0.05) is 48.5 Å². The number of carbonyl (C=O) groups excluding carboxylic acids is 1. The summed E-state index contributed by atoms with van der Waals surface area (Å²) in [4.78, 5) is 12.0.